The van der Waals surface area contributed by atoms with Gasteiger partial charge in [0.1, 0.15) is 13.8 Å². The molecule has 0 bridgehead atoms. The summed E-state index contributed by atoms with van der Waals surface area (Å²) in [6, 6.07) is 5.30. The van der Waals surface area contributed by atoms with Gasteiger partial charge in [0, 0.05) is 12.1 Å². The summed E-state index contributed by atoms with van der Waals surface area (Å²) >= 11 is 0. The minimum absolute atomic E-state index is 0.0867. The zero-order valence-corrected chi connectivity index (χ0v) is 18.6. The molecule has 2 rings (SSSR count). The third-order valence-corrected chi connectivity index (χ3v) is 5.07. The first kappa shape index (κ1) is 22.5. The summed E-state index contributed by atoms with van der Waals surface area (Å²) in [4.78, 5) is 40.7. The van der Waals surface area contributed by atoms with Gasteiger partial charge < -0.3 is 19.3 Å². The van der Waals surface area contributed by atoms with Crippen LogP contribution in [0.3, 0.4) is 0 Å². The van der Waals surface area contributed by atoms with Gasteiger partial charge in [-0.05, 0) is 17.7 Å². The Morgan fingerprint density at radius 3 is 2.62 bits per heavy atom. The second-order valence-corrected chi connectivity index (χ2v) is 12.3. The van der Waals surface area contributed by atoms with Crippen LogP contribution in [-0.2, 0) is 25.9 Å². The van der Waals surface area contributed by atoms with Crippen molar-refractivity contribution in [2.75, 3.05) is 27.9 Å². The van der Waals surface area contributed by atoms with E-state index >= 15 is 0 Å². The quantitative estimate of drug-likeness (QED) is 0.128. The van der Waals surface area contributed by atoms with E-state index in [4.69, 9.17) is 14.4 Å². The summed E-state index contributed by atoms with van der Waals surface area (Å²) in [6.45, 7) is 6.37. The average molecular weight is 419 g/mol. The highest BCUT2D eigenvalue weighted by Gasteiger charge is 2.43. The maximum absolute atomic E-state index is 13.0. The summed E-state index contributed by atoms with van der Waals surface area (Å²) < 4.78 is 10.2. The topological polar surface area (TPSA) is 86.7 Å². The van der Waals surface area contributed by atoms with Crippen molar-refractivity contribution >= 4 is 26.4 Å². The number of nitrogens with zero attached hydrogens (tertiary/aromatic N) is 2. The van der Waals surface area contributed by atoms with E-state index < -0.39 is 19.6 Å². The van der Waals surface area contributed by atoms with E-state index in [0.29, 0.717) is 17.9 Å². The highest BCUT2D eigenvalue weighted by atomic mass is 28.3. The molecule has 1 aliphatic heterocycles. The van der Waals surface area contributed by atoms with Crippen LogP contribution >= 0.6 is 0 Å². The molecule has 0 N–H and O–H groups in total. The lowest BCUT2D eigenvalue weighted by atomic mass is 10.0. The Kier molecular flexibility index (Phi) is 7.05. The van der Waals surface area contributed by atoms with E-state index in [1.165, 1.54) is 26.2 Å². The van der Waals surface area contributed by atoms with Gasteiger partial charge in [-0.25, -0.2) is 9.79 Å². The van der Waals surface area contributed by atoms with E-state index in [2.05, 4.69) is 21.3 Å². The number of rotatable bonds is 7. The molecule has 0 spiro atoms. The lowest BCUT2D eigenvalue weighted by molar-refractivity contribution is -0.188. The van der Waals surface area contributed by atoms with E-state index in [-0.39, 0.29) is 12.5 Å². The van der Waals surface area contributed by atoms with Gasteiger partial charge in [0.25, 0.3) is 5.91 Å². The number of aliphatic imine (C=N–C) groups is 1. The zero-order chi connectivity index (χ0) is 21.7. The van der Waals surface area contributed by atoms with Gasteiger partial charge in [-0.1, -0.05) is 31.6 Å². The number of methoxy groups -OCH3 is 2. The fourth-order valence-electron chi connectivity index (χ4n) is 2.77. The Morgan fingerprint density at radius 2 is 2.03 bits per heavy atom. The number of hydrogen-bond acceptors (Lipinski definition) is 7. The number of esters is 1. The maximum atomic E-state index is 13.0. The highest BCUT2D eigenvalue weighted by Crippen LogP contribution is 2.29. The molecule has 9 heteroatoms. The van der Waals surface area contributed by atoms with E-state index in [9.17, 15) is 9.59 Å². The summed E-state index contributed by atoms with van der Waals surface area (Å²) in [7, 11) is 2.25. The summed E-state index contributed by atoms with van der Waals surface area (Å²) in [5, 5.41) is 0. The average Bonchev–Trinajstić information content (AvgIpc) is 2.99. The van der Waals surface area contributed by atoms with Crippen LogP contribution in [0.2, 0.25) is 19.6 Å². The van der Waals surface area contributed by atoms with Crippen molar-refractivity contribution < 1.29 is 28.8 Å². The van der Waals surface area contributed by atoms with E-state index in [0.717, 1.165) is 12.0 Å². The molecule has 1 aromatic rings. The molecule has 8 nitrogen and oxygen atoms in total. The molecule has 0 aliphatic carbocycles. The number of hydrogen-bond donors (Lipinski definition) is 0. The van der Waals surface area contributed by atoms with Crippen LogP contribution in [0.4, 0.5) is 0 Å². The Morgan fingerprint density at radius 1 is 1.31 bits per heavy atom. The first-order chi connectivity index (χ1) is 13.7. The van der Waals surface area contributed by atoms with E-state index in [1.54, 1.807) is 12.1 Å². The highest BCUT2D eigenvalue weighted by molar-refractivity contribution is 6.83. The van der Waals surface area contributed by atoms with Crippen molar-refractivity contribution in [2.45, 2.75) is 31.7 Å². The summed E-state index contributed by atoms with van der Waals surface area (Å²) in [5.74, 6) is 2.64. The number of fused-ring (bicyclic) bond motifs is 1. The monoisotopic (exact) mass is 418 g/mol. The standard InChI is InChI=1S/C20H26N2O6Si/c1-25-16-8-7-15-12-22(18(23)17(15)11-16)13-20(19(24)26-2,21-14-28-27-3)9-10-29(4,5)6/h7-8,11,14H,12-13H2,1-6H3/t20-/m1/s1. The molecule has 1 heterocycles. The molecular formula is C20H26N2O6Si. The molecule has 0 unspecified atom stereocenters. The Bertz CT molecular complexity index is 868. The number of benzene rings is 1. The van der Waals surface area contributed by atoms with Gasteiger partial charge >= 0.3 is 5.97 Å². The van der Waals surface area contributed by atoms with E-state index in [1.807, 2.05) is 25.7 Å². The predicted molar refractivity (Wildman–Crippen MR) is 110 cm³/mol. The van der Waals surface area contributed by atoms with Crippen molar-refractivity contribution in [3.05, 3.63) is 29.3 Å². The molecule has 0 fully saturated rings. The van der Waals surface area contributed by atoms with Crippen LogP contribution in [-0.4, -0.2) is 64.7 Å². The predicted octanol–water partition coefficient (Wildman–Crippen LogP) is 2.05. The molecule has 29 heavy (non-hydrogen) atoms. The fraction of sp³-hybridized carbons (Fsp3) is 0.450. The molecule has 1 aliphatic rings. The Balaban J connectivity index is 2.44. The molecule has 0 radical (unpaired) electrons. The lowest BCUT2D eigenvalue weighted by Gasteiger charge is -2.27. The first-order valence-corrected chi connectivity index (χ1v) is 12.5. The van der Waals surface area contributed by atoms with Crippen LogP contribution in [0.5, 0.6) is 5.75 Å². The number of carbonyl (C=O) groups excluding carboxylic acids is 2. The van der Waals surface area contributed by atoms with Gasteiger partial charge in [0.05, 0.1) is 27.9 Å². The van der Waals surface area contributed by atoms with Crippen molar-refractivity contribution in [1.82, 2.24) is 4.90 Å². The molecule has 0 aromatic heterocycles. The van der Waals surface area contributed by atoms with Crippen molar-refractivity contribution in [2.24, 2.45) is 4.99 Å². The third-order valence-electron chi connectivity index (χ3n) is 4.20. The number of carbonyl (C=O) groups is 2. The van der Waals surface area contributed by atoms with Crippen molar-refractivity contribution in [3.8, 4) is 17.2 Å². The molecule has 0 saturated heterocycles. The van der Waals surface area contributed by atoms with Crippen LogP contribution in [0.25, 0.3) is 0 Å². The van der Waals surface area contributed by atoms with Crippen LogP contribution in [0.1, 0.15) is 15.9 Å². The SMILES string of the molecule is COOC=N[C@](C#C[Si](C)(C)C)(CN1Cc2ccc(OC)cc2C1=O)C(=O)OC. The second-order valence-electron chi connectivity index (χ2n) is 7.53. The molecule has 1 atom stereocenters. The summed E-state index contributed by atoms with van der Waals surface area (Å²) in [5.41, 5.74) is 2.89. The third kappa shape index (κ3) is 5.37. The lowest BCUT2D eigenvalue weighted by Crippen LogP contribution is -2.48. The van der Waals surface area contributed by atoms with Gasteiger partial charge in [-0.15, -0.1) is 5.54 Å². The first-order valence-electron chi connectivity index (χ1n) is 8.98. The number of amides is 1. The normalized spacial score (nSPS) is 15.4. The van der Waals surface area contributed by atoms with Gasteiger partial charge in [-0.3, -0.25) is 4.79 Å². The minimum atomic E-state index is -1.86. The molecule has 156 valence electrons. The maximum Gasteiger partial charge on any atom is 0.348 e. The minimum Gasteiger partial charge on any atom is -0.497 e. The fourth-order valence-corrected chi connectivity index (χ4v) is 3.35. The smallest absolute Gasteiger partial charge is 0.348 e. The molecule has 0 saturated carbocycles. The zero-order valence-electron chi connectivity index (χ0n) is 17.6. The Hall–Kier alpha value is -2.83. The van der Waals surface area contributed by atoms with Gasteiger partial charge in [0.15, 0.2) is 0 Å². The van der Waals surface area contributed by atoms with Crippen LogP contribution in [0, 0.1) is 11.5 Å². The largest absolute Gasteiger partial charge is 0.497 e. The van der Waals surface area contributed by atoms with Crippen molar-refractivity contribution in [3.63, 3.8) is 0 Å². The van der Waals surface area contributed by atoms with Gasteiger partial charge in [-0.2, -0.15) is 4.89 Å². The Labute approximate surface area is 171 Å². The molecular weight excluding hydrogens is 392 g/mol. The van der Waals surface area contributed by atoms with Crippen LogP contribution < -0.4 is 4.74 Å². The van der Waals surface area contributed by atoms with Crippen molar-refractivity contribution in [1.29, 1.82) is 0 Å². The molecule has 1 aromatic carbocycles. The number of ether oxygens (including phenoxy) is 2. The second kappa shape index (κ2) is 9.11. The molecule has 1 amide bonds. The summed E-state index contributed by atoms with van der Waals surface area (Å²) in [6.07, 6.45) is 0.993. The van der Waals surface area contributed by atoms with Gasteiger partial charge in [0.2, 0.25) is 11.9 Å². The van der Waals surface area contributed by atoms with Crippen LogP contribution in [0.15, 0.2) is 23.2 Å².